The molecule has 2 unspecified atom stereocenters. The van der Waals surface area contributed by atoms with Crippen LogP contribution in [0.2, 0.25) is 0 Å². The number of hydrogen-bond donors (Lipinski definition) is 0. The third-order valence-electron chi connectivity index (χ3n) is 5.47. The number of Topliss-reactive ketones (excluding diaryl/α,β-unsaturated/α-hetero) is 1. The van der Waals surface area contributed by atoms with Gasteiger partial charge in [0.1, 0.15) is 0 Å². The molecule has 0 fully saturated rings. The van der Waals surface area contributed by atoms with Gasteiger partial charge < -0.3 is 4.74 Å². The van der Waals surface area contributed by atoms with Crippen molar-refractivity contribution < 1.29 is 18.9 Å². The number of unbranched alkanes of at least 4 members (excludes halogenated alkanes) is 1. The third kappa shape index (κ3) is 6.47. The van der Waals surface area contributed by atoms with Gasteiger partial charge in [-0.15, -0.1) is 0 Å². The summed E-state index contributed by atoms with van der Waals surface area (Å²) < 4.78 is 18.0. The summed E-state index contributed by atoms with van der Waals surface area (Å²) in [5, 5.41) is -1.69. The van der Waals surface area contributed by atoms with E-state index in [2.05, 4.69) is 13.8 Å². The molecule has 0 amide bonds. The average molecular weight is 421 g/mol. The van der Waals surface area contributed by atoms with Crippen molar-refractivity contribution in [2.75, 3.05) is 6.61 Å². The van der Waals surface area contributed by atoms with Gasteiger partial charge in [0, 0.05) is 5.56 Å². The van der Waals surface area contributed by atoms with Crippen LogP contribution in [-0.2, 0) is 14.1 Å². The Bertz CT molecular complexity index is 703. The van der Waals surface area contributed by atoms with E-state index in [4.69, 9.17) is 4.74 Å². The number of carbonyl (C=O) groups is 2. The molecule has 0 saturated heterocycles. The van der Waals surface area contributed by atoms with E-state index >= 15 is 0 Å². The minimum Gasteiger partial charge on any atom is -0.464 e. The molecule has 1 aromatic rings. The summed E-state index contributed by atoms with van der Waals surface area (Å²) in [5.74, 6) is -0.787. The van der Waals surface area contributed by atoms with Crippen molar-refractivity contribution in [3.05, 3.63) is 34.4 Å². The molecule has 5 heteroatoms. The molecule has 0 aliphatic carbocycles. The van der Waals surface area contributed by atoms with Crippen molar-refractivity contribution in [3.63, 3.8) is 0 Å². The lowest BCUT2D eigenvalue weighted by Crippen LogP contribution is -2.45. The molecule has 1 rings (SSSR count). The lowest BCUT2D eigenvalue weighted by molar-refractivity contribution is -0.147. The Morgan fingerprint density at radius 3 is 2.14 bits per heavy atom. The van der Waals surface area contributed by atoms with Gasteiger partial charge in [-0.1, -0.05) is 64.7 Å². The van der Waals surface area contributed by atoms with Crippen LogP contribution in [0.25, 0.3) is 0 Å². The van der Waals surface area contributed by atoms with E-state index in [0.717, 1.165) is 42.4 Å². The Labute approximate surface area is 178 Å². The maximum Gasteiger partial charge on any atom is 0.331 e. The Hall–Kier alpha value is -1.54. The predicted molar refractivity (Wildman–Crippen MR) is 119 cm³/mol. The van der Waals surface area contributed by atoms with Gasteiger partial charge in [-0.2, -0.15) is 0 Å². The molecular weight excluding hydrogens is 383 g/mol. The highest BCUT2D eigenvalue weighted by atomic mass is 31.1. The molecule has 2 atom stereocenters. The van der Waals surface area contributed by atoms with Gasteiger partial charge in [0.2, 0.25) is 5.16 Å². The molecule has 0 radical (unpaired) electrons. The Morgan fingerprint density at radius 1 is 1.10 bits per heavy atom. The topological polar surface area (TPSA) is 60.4 Å². The lowest BCUT2D eigenvalue weighted by atomic mass is 9.84. The SMILES string of the molecule is CCCCC(CC)COC(=O)C(CC(C)C)(P=O)C(=O)c1c(C)cc(C)cc1C. The van der Waals surface area contributed by atoms with E-state index < -0.39 is 25.4 Å². The first kappa shape index (κ1) is 25.5. The summed E-state index contributed by atoms with van der Waals surface area (Å²) in [6.07, 6.45) is 4.24. The van der Waals surface area contributed by atoms with E-state index in [1.54, 1.807) is 0 Å². The molecule has 1 aromatic carbocycles. The van der Waals surface area contributed by atoms with Crippen LogP contribution in [0.5, 0.6) is 0 Å². The quantitative estimate of drug-likeness (QED) is 0.165. The molecule has 0 aliphatic heterocycles. The van der Waals surface area contributed by atoms with Crippen molar-refractivity contribution in [2.24, 2.45) is 11.8 Å². The second kappa shape index (κ2) is 11.6. The molecule has 4 nitrogen and oxygen atoms in total. The molecular formula is C24H37O4P. The van der Waals surface area contributed by atoms with Crippen LogP contribution >= 0.6 is 8.46 Å². The van der Waals surface area contributed by atoms with Gasteiger partial charge >= 0.3 is 5.97 Å². The summed E-state index contributed by atoms with van der Waals surface area (Å²) in [7, 11) is -0.500. The van der Waals surface area contributed by atoms with E-state index in [1.165, 1.54) is 0 Å². The van der Waals surface area contributed by atoms with Crippen LogP contribution in [-0.4, -0.2) is 23.5 Å². The van der Waals surface area contributed by atoms with E-state index in [1.807, 2.05) is 46.8 Å². The van der Waals surface area contributed by atoms with Gasteiger partial charge in [-0.3, -0.25) is 14.2 Å². The summed E-state index contributed by atoms with van der Waals surface area (Å²) in [6, 6.07) is 3.84. The molecule has 0 aliphatic rings. The predicted octanol–water partition coefficient (Wildman–Crippen LogP) is 6.63. The van der Waals surface area contributed by atoms with Crippen molar-refractivity contribution in [3.8, 4) is 0 Å². The van der Waals surface area contributed by atoms with E-state index in [-0.39, 0.29) is 24.9 Å². The highest BCUT2D eigenvalue weighted by molar-refractivity contribution is 7.30. The maximum atomic E-state index is 13.6. The number of hydrogen-bond acceptors (Lipinski definition) is 4. The highest BCUT2D eigenvalue weighted by Gasteiger charge is 2.50. The Balaban J connectivity index is 3.26. The molecule has 0 spiro atoms. The van der Waals surface area contributed by atoms with Crippen molar-refractivity contribution in [2.45, 2.75) is 85.7 Å². The molecule has 0 bridgehead atoms. The second-order valence-electron chi connectivity index (χ2n) is 8.67. The van der Waals surface area contributed by atoms with Crippen LogP contribution in [0.15, 0.2) is 12.1 Å². The van der Waals surface area contributed by atoms with Crippen LogP contribution in [0.4, 0.5) is 0 Å². The Morgan fingerprint density at radius 2 is 1.69 bits per heavy atom. The van der Waals surface area contributed by atoms with Crippen LogP contribution in [0, 0.1) is 32.6 Å². The molecule has 0 N–H and O–H groups in total. The second-order valence-corrected chi connectivity index (χ2v) is 9.61. The maximum absolute atomic E-state index is 13.6. The molecule has 29 heavy (non-hydrogen) atoms. The van der Waals surface area contributed by atoms with Gasteiger partial charge in [0.05, 0.1) is 6.61 Å². The van der Waals surface area contributed by atoms with Gasteiger partial charge in [-0.05, 0) is 56.6 Å². The van der Waals surface area contributed by atoms with E-state index in [0.29, 0.717) is 5.56 Å². The van der Waals surface area contributed by atoms with Crippen molar-refractivity contribution in [1.82, 2.24) is 0 Å². The first-order chi connectivity index (χ1) is 13.6. The summed E-state index contributed by atoms with van der Waals surface area (Å²) in [4.78, 5) is 26.8. The number of ketones is 1. The van der Waals surface area contributed by atoms with Crippen molar-refractivity contribution >= 4 is 20.2 Å². The van der Waals surface area contributed by atoms with Crippen LogP contribution in [0.1, 0.15) is 86.8 Å². The number of rotatable bonds is 12. The smallest absolute Gasteiger partial charge is 0.331 e. The molecule has 162 valence electrons. The number of benzene rings is 1. The number of esters is 1. The third-order valence-corrected chi connectivity index (χ3v) is 6.35. The first-order valence-electron chi connectivity index (χ1n) is 10.8. The van der Waals surface area contributed by atoms with Crippen LogP contribution in [0.3, 0.4) is 0 Å². The highest BCUT2D eigenvalue weighted by Crippen LogP contribution is 2.38. The zero-order valence-electron chi connectivity index (χ0n) is 19.1. The number of ether oxygens (including phenoxy) is 1. The minimum absolute atomic E-state index is 0.0149. The fourth-order valence-electron chi connectivity index (χ4n) is 3.93. The fourth-order valence-corrected chi connectivity index (χ4v) is 4.71. The summed E-state index contributed by atoms with van der Waals surface area (Å²) in [6.45, 7) is 14.0. The molecule has 0 heterocycles. The average Bonchev–Trinajstić information content (AvgIpc) is 2.64. The Kier molecular flexibility index (Phi) is 10.2. The molecule has 0 saturated carbocycles. The van der Waals surface area contributed by atoms with E-state index in [9.17, 15) is 14.2 Å². The monoisotopic (exact) mass is 420 g/mol. The number of aryl methyl sites for hydroxylation is 3. The lowest BCUT2D eigenvalue weighted by Gasteiger charge is -2.27. The number of carbonyl (C=O) groups excluding carboxylic acids is 2. The minimum atomic E-state index is -1.69. The normalized spacial score (nSPS) is 14.6. The van der Waals surface area contributed by atoms with Gasteiger partial charge in [0.15, 0.2) is 14.2 Å². The van der Waals surface area contributed by atoms with Gasteiger partial charge in [0.25, 0.3) is 0 Å². The summed E-state index contributed by atoms with van der Waals surface area (Å²) >= 11 is 0. The molecule has 0 aromatic heterocycles. The van der Waals surface area contributed by atoms with Crippen LogP contribution < -0.4 is 0 Å². The zero-order valence-corrected chi connectivity index (χ0v) is 20.0. The van der Waals surface area contributed by atoms with Crippen molar-refractivity contribution in [1.29, 1.82) is 0 Å². The fraction of sp³-hybridized carbons (Fsp3) is 0.667. The van der Waals surface area contributed by atoms with Gasteiger partial charge in [-0.25, -0.2) is 0 Å². The largest absolute Gasteiger partial charge is 0.464 e. The zero-order chi connectivity index (χ0) is 22.2. The standard InChI is InChI=1S/C24H37O4P/c1-8-10-11-20(9-2)15-28-23(26)24(29-27,14-16(3)4)22(25)21-18(6)12-17(5)13-19(21)7/h12-13,16,20H,8-11,14-15H2,1-7H3. The first-order valence-corrected chi connectivity index (χ1v) is 11.6. The summed E-state index contributed by atoms with van der Waals surface area (Å²) in [5.41, 5.74) is 3.13.